The quantitative estimate of drug-likeness (QED) is 0.841. The van der Waals surface area contributed by atoms with E-state index in [1.165, 1.54) is 5.56 Å². The molecule has 0 atom stereocenters. The molecule has 5 nitrogen and oxygen atoms in total. The van der Waals surface area contributed by atoms with Gasteiger partial charge in [0, 0.05) is 45.3 Å². The summed E-state index contributed by atoms with van der Waals surface area (Å²) in [4.78, 5) is 9.17. The Morgan fingerprint density at radius 2 is 1.70 bits per heavy atom. The molecule has 1 aromatic heterocycles. The largest absolute Gasteiger partial charge is 0.304 e. The molecule has 106 valence electrons. The summed E-state index contributed by atoms with van der Waals surface area (Å²) in [5.74, 6) is 0.913. The highest BCUT2D eigenvalue weighted by molar-refractivity contribution is 5.55. The summed E-state index contributed by atoms with van der Waals surface area (Å²) in [7, 11) is 4.10. The van der Waals surface area contributed by atoms with Gasteiger partial charge in [0.2, 0.25) is 0 Å². The van der Waals surface area contributed by atoms with E-state index in [-0.39, 0.29) is 0 Å². The van der Waals surface area contributed by atoms with E-state index in [2.05, 4.69) is 51.2 Å². The molecule has 0 saturated carbocycles. The van der Waals surface area contributed by atoms with Crippen LogP contribution in [0, 0.1) is 0 Å². The lowest BCUT2D eigenvalue weighted by Gasteiger charge is -2.32. The van der Waals surface area contributed by atoms with Gasteiger partial charge < -0.3 is 4.90 Å². The van der Waals surface area contributed by atoms with Crippen molar-refractivity contribution in [2.75, 3.05) is 33.2 Å². The molecule has 1 aliphatic rings. The Hall–Kier alpha value is -1.72. The van der Waals surface area contributed by atoms with Crippen molar-refractivity contribution in [3.63, 3.8) is 0 Å². The molecule has 0 radical (unpaired) electrons. The molecule has 2 aromatic rings. The van der Waals surface area contributed by atoms with E-state index in [0.717, 1.165) is 44.1 Å². The topological polar surface area (TPSA) is 37.2 Å². The number of hydrogen-bond donors (Lipinski definition) is 0. The standard InChI is InChI=1S/C15H21N5/c1-18-7-9-20(10-8-18)11-13-3-5-14(6-4-13)15-16-12-17-19(15)2/h3-6,12H,7-11H2,1-2H3. The molecule has 1 saturated heterocycles. The van der Waals surface area contributed by atoms with Crippen molar-refractivity contribution < 1.29 is 0 Å². The van der Waals surface area contributed by atoms with Crippen molar-refractivity contribution in [1.82, 2.24) is 24.6 Å². The number of likely N-dealkylation sites (N-methyl/N-ethyl adjacent to an activating group) is 1. The van der Waals surface area contributed by atoms with Crippen LogP contribution in [0.5, 0.6) is 0 Å². The Balaban J connectivity index is 1.66. The highest BCUT2D eigenvalue weighted by Crippen LogP contribution is 2.17. The van der Waals surface area contributed by atoms with Crippen LogP contribution in [-0.4, -0.2) is 57.8 Å². The van der Waals surface area contributed by atoms with E-state index in [9.17, 15) is 0 Å². The van der Waals surface area contributed by atoms with E-state index in [4.69, 9.17) is 0 Å². The van der Waals surface area contributed by atoms with Crippen molar-refractivity contribution in [1.29, 1.82) is 0 Å². The zero-order valence-electron chi connectivity index (χ0n) is 12.2. The molecule has 0 bridgehead atoms. The molecular weight excluding hydrogens is 250 g/mol. The fourth-order valence-electron chi connectivity index (χ4n) is 2.58. The van der Waals surface area contributed by atoms with Crippen LogP contribution in [0.1, 0.15) is 5.56 Å². The van der Waals surface area contributed by atoms with Crippen LogP contribution in [0.3, 0.4) is 0 Å². The minimum absolute atomic E-state index is 0.913. The van der Waals surface area contributed by atoms with Crippen molar-refractivity contribution in [3.8, 4) is 11.4 Å². The number of piperazine rings is 1. The molecule has 0 unspecified atom stereocenters. The minimum atomic E-state index is 0.913. The Morgan fingerprint density at radius 3 is 2.30 bits per heavy atom. The van der Waals surface area contributed by atoms with Gasteiger partial charge in [0.1, 0.15) is 6.33 Å². The van der Waals surface area contributed by atoms with Crippen LogP contribution in [0.15, 0.2) is 30.6 Å². The van der Waals surface area contributed by atoms with Crippen molar-refractivity contribution >= 4 is 0 Å². The lowest BCUT2D eigenvalue weighted by atomic mass is 10.1. The first-order valence-corrected chi connectivity index (χ1v) is 7.06. The summed E-state index contributed by atoms with van der Waals surface area (Å²) in [6, 6.07) is 8.66. The molecule has 1 fully saturated rings. The summed E-state index contributed by atoms with van der Waals surface area (Å²) in [5.41, 5.74) is 2.48. The maximum absolute atomic E-state index is 4.28. The van der Waals surface area contributed by atoms with Gasteiger partial charge in [0.05, 0.1) is 0 Å². The van der Waals surface area contributed by atoms with Crippen LogP contribution >= 0.6 is 0 Å². The molecule has 0 N–H and O–H groups in total. The smallest absolute Gasteiger partial charge is 0.157 e. The summed E-state index contributed by atoms with van der Waals surface area (Å²) in [6.07, 6.45) is 1.59. The van der Waals surface area contributed by atoms with Gasteiger partial charge in [-0.25, -0.2) is 9.67 Å². The lowest BCUT2D eigenvalue weighted by Crippen LogP contribution is -2.43. The zero-order valence-corrected chi connectivity index (χ0v) is 12.2. The molecule has 20 heavy (non-hydrogen) atoms. The number of nitrogens with zero attached hydrogens (tertiary/aromatic N) is 5. The van der Waals surface area contributed by atoms with E-state index < -0.39 is 0 Å². The average Bonchev–Trinajstić information content (AvgIpc) is 2.89. The number of hydrogen-bond acceptors (Lipinski definition) is 4. The summed E-state index contributed by atoms with van der Waals surface area (Å²) < 4.78 is 1.80. The SMILES string of the molecule is CN1CCN(Cc2ccc(-c3ncnn3C)cc2)CC1. The Labute approximate surface area is 119 Å². The molecule has 0 amide bonds. The number of aryl methyl sites for hydroxylation is 1. The molecule has 0 spiro atoms. The number of aromatic nitrogens is 3. The molecule has 3 rings (SSSR count). The number of rotatable bonds is 3. The normalized spacial score (nSPS) is 17.5. The van der Waals surface area contributed by atoms with Crippen molar-refractivity contribution in [2.45, 2.75) is 6.54 Å². The first-order chi connectivity index (χ1) is 9.72. The van der Waals surface area contributed by atoms with Gasteiger partial charge in [0.15, 0.2) is 5.82 Å². The molecule has 2 heterocycles. The highest BCUT2D eigenvalue weighted by Gasteiger charge is 2.13. The second kappa shape index (κ2) is 5.73. The first-order valence-electron chi connectivity index (χ1n) is 7.06. The second-order valence-electron chi connectivity index (χ2n) is 5.48. The highest BCUT2D eigenvalue weighted by atomic mass is 15.3. The van der Waals surface area contributed by atoms with Gasteiger partial charge in [-0.05, 0) is 12.6 Å². The summed E-state index contributed by atoms with van der Waals surface area (Å²) in [5, 5.41) is 4.11. The van der Waals surface area contributed by atoms with Gasteiger partial charge in [-0.1, -0.05) is 24.3 Å². The van der Waals surface area contributed by atoms with E-state index >= 15 is 0 Å². The summed E-state index contributed by atoms with van der Waals surface area (Å²) >= 11 is 0. The fraction of sp³-hybridized carbons (Fsp3) is 0.467. The minimum Gasteiger partial charge on any atom is -0.304 e. The van der Waals surface area contributed by atoms with Crippen molar-refractivity contribution in [3.05, 3.63) is 36.2 Å². The molecule has 1 aliphatic heterocycles. The summed E-state index contributed by atoms with van der Waals surface area (Å²) in [6.45, 7) is 5.67. The Kier molecular flexibility index (Phi) is 3.80. The van der Waals surface area contributed by atoms with Crippen LogP contribution in [0.4, 0.5) is 0 Å². The zero-order chi connectivity index (χ0) is 13.9. The van der Waals surface area contributed by atoms with Crippen molar-refractivity contribution in [2.24, 2.45) is 7.05 Å². The van der Waals surface area contributed by atoms with Gasteiger partial charge in [0.25, 0.3) is 0 Å². The van der Waals surface area contributed by atoms with Gasteiger partial charge in [-0.2, -0.15) is 5.10 Å². The third-order valence-corrected chi connectivity index (χ3v) is 3.93. The fourth-order valence-corrected chi connectivity index (χ4v) is 2.58. The van der Waals surface area contributed by atoms with Gasteiger partial charge in [-0.15, -0.1) is 0 Å². The molecule has 0 aliphatic carbocycles. The predicted octanol–water partition coefficient (Wildman–Crippen LogP) is 1.23. The van der Waals surface area contributed by atoms with E-state index in [1.54, 1.807) is 11.0 Å². The third kappa shape index (κ3) is 2.89. The first kappa shape index (κ1) is 13.3. The second-order valence-corrected chi connectivity index (χ2v) is 5.48. The van der Waals surface area contributed by atoms with Crippen LogP contribution in [-0.2, 0) is 13.6 Å². The Morgan fingerprint density at radius 1 is 1.00 bits per heavy atom. The van der Waals surface area contributed by atoms with Crippen LogP contribution in [0.2, 0.25) is 0 Å². The molecular formula is C15H21N5. The van der Waals surface area contributed by atoms with Crippen LogP contribution in [0.25, 0.3) is 11.4 Å². The molecule has 5 heteroatoms. The van der Waals surface area contributed by atoms with E-state index in [0.29, 0.717) is 0 Å². The lowest BCUT2D eigenvalue weighted by molar-refractivity contribution is 0.148. The predicted molar refractivity (Wildman–Crippen MR) is 79.2 cm³/mol. The maximum Gasteiger partial charge on any atom is 0.157 e. The van der Waals surface area contributed by atoms with E-state index in [1.807, 2.05) is 7.05 Å². The molecule has 1 aromatic carbocycles. The van der Waals surface area contributed by atoms with Gasteiger partial charge >= 0.3 is 0 Å². The van der Waals surface area contributed by atoms with Gasteiger partial charge in [-0.3, -0.25) is 4.90 Å². The Bertz CT molecular complexity index is 552. The van der Waals surface area contributed by atoms with Crippen LogP contribution < -0.4 is 0 Å². The third-order valence-electron chi connectivity index (χ3n) is 3.93. The number of benzene rings is 1. The monoisotopic (exact) mass is 271 g/mol. The maximum atomic E-state index is 4.28. The average molecular weight is 271 g/mol.